The van der Waals surface area contributed by atoms with E-state index in [9.17, 15) is 13.2 Å². The van der Waals surface area contributed by atoms with Crippen LogP contribution in [0.15, 0.2) is 18.2 Å². The van der Waals surface area contributed by atoms with Crippen LogP contribution in [0.2, 0.25) is 5.02 Å². The molecule has 17 heavy (non-hydrogen) atoms. The van der Waals surface area contributed by atoms with Crippen LogP contribution in [0.5, 0.6) is 0 Å². The van der Waals surface area contributed by atoms with Gasteiger partial charge in [0, 0.05) is 5.02 Å². The molecule has 1 rings (SSSR count). The Hall–Kier alpha value is -0.350. The van der Waals surface area contributed by atoms with Gasteiger partial charge in [0.2, 0.25) is 0 Å². The fourth-order valence-electron chi connectivity index (χ4n) is 1.38. The molecule has 5 heteroatoms. The van der Waals surface area contributed by atoms with Gasteiger partial charge in [0.25, 0.3) is 0 Å². The highest BCUT2D eigenvalue weighted by Gasteiger charge is 2.31. The lowest BCUT2D eigenvalue weighted by atomic mass is 10.1. The summed E-state index contributed by atoms with van der Waals surface area (Å²) in [5.41, 5.74) is -0.00356. The maximum atomic E-state index is 12.6. The van der Waals surface area contributed by atoms with Gasteiger partial charge in [0.1, 0.15) is 0 Å². The Morgan fingerprint density at radius 3 is 2.18 bits per heavy atom. The van der Waals surface area contributed by atoms with E-state index < -0.39 is 21.8 Å². The van der Waals surface area contributed by atoms with Gasteiger partial charge in [-0.2, -0.15) is 13.2 Å². The van der Waals surface area contributed by atoms with Crippen LogP contribution >= 0.6 is 21.6 Å². The molecule has 0 amide bonds. The maximum Gasteiger partial charge on any atom is 0.416 e. The van der Waals surface area contributed by atoms with Crippen LogP contribution in [0.4, 0.5) is 13.2 Å². The van der Waals surface area contributed by atoms with Gasteiger partial charge in [-0.3, -0.25) is 0 Å². The summed E-state index contributed by atoms with van der Waals surface area (Å²) in [6.07, 6.45) is 2.74. The minimum Gasteiger partial charge on any atom is -0.249 e. The molecule has 0 saturated carbocycles. The number of rotatable bonds is 3. The molecule has 0 bridgehead atoms. The number of aryl methyl sites for hydroxylation is 1. The molecule has 1 aromatic carbocycles. The molecule has 0 aliphatic heterocycles. The van der Waals surface area contributed by atoms with Gasteiger partial charge >= 0.3 is 6.18 Å². The highest BCUT2D eigenvalue weighted by molar-refractivity contribution is 8.32. The zero-order valence-electron chi connectivity index (χ0n) is 10.1. The van der Waals surface area contributed by atoms with Crippen LogP contribution in [-0.4, -0.2) is 24.5 Å². The summed E-state index contributed by atoms with van der Waals surface area (Å²) < 4.78 is 37.7. The van der Waals surface area contributed by atoms with Crippen molar-refractivity contribution in [3.05, 3.63) is 34.3 Å². The molecule has 0 spiro atoms. The zero-order valence-corrected chi connectivity index (χ0v) is 11.6. The first-order valence-electron chi connectivity index (χ1n) is 5.10. The van der Waals surface area contributed by atoms with E-state index in [4.69, 9.17) is 11.6 Å². The quantitative estimate of drug-likeness (QED) is 0.761. The van der Waals surface area contributed by atoms with Crippen molar-refractivity contribution in [1.82, 2.24) is 0 Å². The first-order valence-corrected chi connectivity index (χ1v) is 8.51. The Balaban J connectivity index is 2.91. The number of benzene rings is 1. The molecule has 1 aromatic rings. The van der Waals surface area contributed by atoms with E-state index in [0.717, 1.165) is 11.8 Å². The minimum absolute atomic E-state index is 0.152. The lowest BCUT2D eigenvalue weighted by molar-refractivity contribution is -0.137. The molecular weight excluding hydrogens is 269 g/mol. The molecule has 0 saturated heterocycles. The second kappa shape index (κ2) is 5.11. The fourth-order valence-corrected chi connectivity index (χ4v) is 2.49. The van der Waals surface area contributed by atoms with Crippen LogP contribution in [0.1, 0.15) is 11.1 Å². The number of alkyl halides is 3. The van der Waals surface area contributed by atoms with Crippen molar-refractivity contribution in [2.75, 3.05) is 24.5 Å². The van der Waals surface area contributed by atoms with E-state index in [1.807, 2.05) is 0 Å². The topological polar surface area (TPSA) is 0 Å². The molecule has 0 radical (unpaired) electrons. The van der Waals surface area contributed by atoms with Gasteiger partial charge in [0.05, 0.1) is 5.56 Å². The van der Waals surface area contributed by atoms with Crippen molar-refractivity contribution in [2.24, 2.45) is 0 Å². The van der Waals surface area contributed by atoms with E-state index in [2.05, 4.69) is 18.8 Å². The Morgan fingerprint density at radius 1 is 1.12 bits per heavy atom. The first-order chi connectivity index (χ1) is 7.58. The molecule has 0 aliphatic rings. The van der Waals surface area contributed by atoms with E-state index in [-0.39, 0.29) is 5.02 Å². The monoisotopic (exact) mass is 284 g/mol. The third kappa shape index (κ3) is 5.21. The SMILES string of the molecule is CS(C)(C)CCc1cc(Cl)cc(C(F)(F)F)c1. The molecule has 0 fully saturated rings. The summed E-state index contributed by atoms with van der Waals surface area (Å²) in [6, 6.07) is 3.77. The van der Waals surface area contributed by atoms with Crippen molar-refractivity contribution in [1.29, 1.82) is 0 Å². The highest BCUT2D eigenvalue weighted by atomic mass is 35.5. The van der Waals surface area contributed by atoms with Crippen molar-refractivity contribution < 1.29 is 13.2 Å². The zero-order chi connectivity index (χ0) is 13.3. The van der Waals surface area contributed by atoms with Gasteiger partial charge in [-0.25, -0.2) is 10.0 Å². The molecule has 0 N–H and O–H groups in total. The van der Waals surface area contributed by atoms with Gasteiger partial charge in [-0.05, 0) is 54.7 Å². The van der Waals surface area contributed by atoms with Crippen molar-refractivity contribution >= 4 is 21.6 Å². The second-order valence-electron chi connectivity index (χ2n) is 4.89. The lowest BCUT2D eigenvalue weighted by Crippen LogP contribution is -2.07. The number of hydrogen-bond acceptors (Lipinski definition) is 0. The van der Waals surface area contributed by atoms with E-state index in [0.29, 0.717) is 12.0 Å². The average Bonchev–Trinajstić information content (AvgIpc) is 2.11. The van der Waals surface area contributed by atoms with E-state index in [1.54, 1.807) is 6.07 Å². The second-order valence-corrected chi connectivity index (χ2v) is 9.92. The predicted octanol–water partition coefficient (Wildman–Crippen LogP) is 4.60. The van der Waals surface area contributed by atoms with Crippen LogP contribution in [0.25, 0.3) is 0 Å². The van der Waals surface area contributed by atoms with Crippen LogP contribution in [0, 0.1) is 0 Å². The highest BCUT2D eigenvalue weighted by Crippen LogP contribution is 2.36. The van der Waals surface area contributed by atoms with Gasteiger partial charge < -0.3 is 0 Å². The lowest BCUT2D eigenvalue weighted by Gasteiger charge is -2.25. The van der Waals surface area contributed by atoms with Crippen LogP contribution < -0.4 is 0 Å². The molecule has 0 aliphatic carbocycles. The minimum atomic E-state index is -4.33. The predicted molar refractivity (Wildman–Crippen MR) is 70.4 cm³/mol. The Labute approximate surface area is 106 Å². The average molecular weight is 285 g/mol. The fraction of sp³-hybridized carbons (Fsp3) is 0.500. The summed E-state index contributed by atoms with van der Waals surface area (Å²) in [5, 5.41) is 0.152. The Kier molecular flexibility index (Phi) is 4.42. The molecule has 0 atom stereocenters. The Morgan fingerprint density at radius 2 is 1.71 bits per heavy atom. The van der Waals surface area contributed by atoms with Crippen molar-refractivity contribution in [3.8, 4) is 0 Å². The molecule has 0 aromatic heterocycles. The third-order valence-corrected chi connectivity index (χ3v) is 3.94. The van der Waals surface area contributed by atoms with Crippen molar-refractivity contribution in [3.63, 3.8) is 0 Å². The summed E-state index contributed by atoms with van der Waals surface area (Å²) in [6.45, 7) is 0. The number of hydrogen-bond donors (Lipinski definition) is 0. The third-order valence-electron chi connectivity index (χ3n) is 2.29. The van der Waals surface area contributed by atoms with E-state index >= 15 is 0 Å². The number of halogens is 4. The van der Waals surface area contributed by atoms with E-state index in [1.165, 1.54) is 6.07 Å². The summed E-state index contributed by atoms with van der Waals surface area (Å²) in [7, 11) is -0.708. The summed E-state index contributed by atoms with van der Waals surface area (Å²) in [4.78, 5) is 0. The molecule has 0 nitrogen and oxygen atoms in total. The van der Waals surface area contributed by atoms with Crippen LogP contribution in [0.3, 0.4) is 0 Å². The van der Waals surface area contributed by atoms with Gasteiger partial charge in [-0.15, -0.1) is 0 Å². The summed E-state index contributed by atoms with van der Waals surface area (Å²) in [5.74, 6) is 0.907. The van der Waals surface area contributed by atoms with Crippen molar-refractivity contribution in [2.45, 2.75) is 12.6 Å². The van der Waals surface area contributed by atoms with Gasteiger partial charge in [-0.1, -0.05) is 11.6 Å². The normalized spacial score (nSPS) is 13.8. The molecular formula is C12H16ClF3S. The molecule has 98 valence electrons. The Bertz CT molecular complexity index is 394. The first kappa shape index (κ1) is 14.7. The standard InChI is InChI=1S/C12H16ClF3S/c1-17(2,3)5-4-9-6-10(12(14,15)16)8-11(13)7-9/h6-8H,4-5H2,1-3H3. The molecule has 0 heterocycles. The summed E-state index contributed by atoms with van der Waals surface area (Å²) >= 11 is 5.71. The largest absolute Gasteiger partial charge is 0.416 e. The molecule has 0 unspecified atom stereocenters. The van der Waals surface area contributed by atoms with Gasteiger partial charge in [0.15, 0.2) is 0 Å². The van der Waals surface area contributed by atoms with Crippen LogP contribution in [-0.2, 0) is 12.6 Å². The smallest absolute Gasteiger partial charge is 0.249 e. The maximum absolute atomic E-state index is 12.6.